The standard InChI is InChI=1S/C10H10N2O3S/c13-9-12-7-2-1-6(5-8(7)15-9)3-4-11-10(14)16/h1-2,5H,3-4H2,(H,12,13)(H2,11,14,16). The lowest BCUT2D eigenvalue weighted by Crippen LogP contribution is -2.19. The van der Waals surface area contributed by atoms with Gasteiger partial charge in [-0.3, -0.25) is 9.78 Å². The number of nitrogens with one attached hydrogen (secondary N) is 2. The third-order valence-corrected chi connectivity index (χ3v) is 2.33. The summed E-state index contributed by atoms with van der Waals surface area (Å²) in [5, 5.41) is 2.22. The zero-order chi connectivity index (χ0) is 11.5. The van der Waals surface area contributed by atoms with Gasteiger partial charge in [-0.25, -0.2) is 4.79 Å². The quantitative estimate of drug-likeness (QED) is 0.705. The maximum absolute atomic E-state index is 10.9. The molecule has 1 aromatic carbocycles. The molecule has 0 saturated heterocycles. The fourth-order valence-corrected chi connectivity index (χ4v) is 1.57. The van der Waals surface area contributed by atoms with Gasteiger partial charge in [-0.2, -0.15) is 0 Å². The lowest BCUT2D eigenvalue weighted by Gasteiger charge is -2.01. The van der Waals surface area contributed by atoms with E-state index in [0.29, 0.717) is 24.1 Å². The molecule has 0 aliphatic heterocycles. The van der Waals surface area contributed by atoms with Crippen LogP contribution >= 0.6 is 12.6 Å². The molecule has 1 heterocycles. The van der Waals surface area contributed by atoms with E-state index in [9.17, 15) is 9.59 Å². The normalized spacial score (nSPS) is 10.6. The molecule has 2 aromatic rings. The summed E-state index contributed by atoms with van der Waals surface area (Å²) in [5.41, 5.74) is 2.18. The molecule has 16 heavy (non-hydrogen) atoms. The molecular formula is C10H10N2O3S. The van der Waals surface area contributed by atoms with Gasteiger partial charge < -0.3 is 9.73 Å². The highest BCUT2D eigenvalue weighted by Gasteiger charge is 2.02. The molecule has 0 unspecified atom stereocenters. The van der Waals surface area contributed by atoms with Crippen LogP contribution in [-0.2, 0) is 6.42 Å². The zero-order valence-corrected chi connectivity index (χ0v) is 9.21. The van der Waals surface area contributed by atoms with Crippen LogP contribution in [0.25, 0.3) is 11.1 Å². The smallest absolute Gasteiger partial charge is 0.408 e. The van der Waals surface area contributed by atoms with Crippen molar-refractivity contribution < 1.29 is 9.21 Å². The lowest BCUT2D eigenvalue weighted by molar-refractivity contribution is 0.261. The molecule has 0 aliphatic rings. The summed E-state index contributed by atoms with van der Waals surface area (Å²) in [4.78, 5) is 24.0. The van der Waals surface area contributed by atoms with E-state index in [1.54, 1.807) is 12.1 Å². The number of hydrogen-bond donors (Lipinski definition) is 3. The van der Waals surface area contributed by atoms with Crippen LogP contribution in [0.3, 0.4) is 0 Å². The molecular weight excluding hydrogens is 228 g/mol. The zero-order valence-electron chi connectivity index (χ0n) is 8.32. The van der Waals surface area contributed by atoms with Gasteiger partial charge in [-0.05, 0) is 24.1 Å². The number of hydrogen-bond acceptors (Lipinski definition) is 3. The highest BCUT2D eigenvalue weighted by molar-refractivity contribution is 7.96. The molecule has 84 valence electrons. The van der Waals surface area contributed by atoms with E-state index in [1.165, 1.54) is 0 Å². The van der Waals surface area contributed by atoms with Gasteiger partial charge in [0.05, 0.1) is 5.52 Å². The van der Waals surface area contributed by atoms with Crippen LogP contribution < -0.4 is 11.1 Å². The number of rotatable bonds is 3. The van der Waals surface area contributed by atoms with E-state index in [4.69, 9.17) is 4.42 Å². The number of aromatic nitrogens is 1. The molecule has 5 nitrogen and oxygen atoms in total. The maximum Gasteiger partial charge on any atom is 0.417 e. The first-order valence-electron chi connectivity index (χ1n) is 4.74. The van der Waals surface area contributed by atoms with Crippen molar-refractivity contribution in [3.8, 4) is 0 Å². The van der Waals surface area contributed by atoms with Gasteiger partial charge in [-0.15, -0.1) is 0 Å². The summed E-state index contributed by atoms with van der Waals surface area (Å²) in [6.07, 6.45) is 0.664. The average molecular weight is 238 g/mol. The van der Waals surface area contributed by atoms with Crippen LogP contribution in [0, 0.1) is 0 Å². The Morgan fingerprint density at radius 3 is 3.06 bits per heavy atom. The van der Waals surface area contributed by atoms with Crippen molar-refractivity contribution in [2.75, 3.05) is 6.54 Å². The number of thiol groups is 1. The number of H-pyrrole nitrogens is 1. The van der Waals surface area contributed by atoms with Gasteiger partial charge in [0.1, 0.15) is 0 Å². The van der Waals surface area contributed by atoms with Crippen LogP contribution in [0.2, 0.25) is 0 Å². The number of oxazole rings is 1. The third-order valence-electron chi connectivity index (χ3n) is 2.18. The maximum atomic E-state index is 10.9. The number of fused-ring (bicyclic) bond motifs is 1. The number of carbonyl (C=O) groups excluding carboxylic acids is 1. The molecule has 0 atom stereocenters. The monoisotopic (exact) mass is 238 g/mol. The van der Waals surface area contributed by atoms with Crippen LogP contribution in [-0.4, -0.2) is 16.8 Å². The molecule has 0 aliphatic carbocycles. The predicted molar refractivity (Wildman–Crippen MR) is 62.9 cm³/mol. The van der Waals surface area contributed by atoms with Crippen LogP contribution in [0.1, 0.15) is 5.56 Å². The van der Waals surface area contributed by atoms with Crippen LogP contribution in [0.4, 0.5) is 4.79 Å². The summed E-state index contributed by atoms with van der Waals surface area (Å²) < 4.78 is 4.92. The molecule has 1 aromatic heterocycles. The second kappa shape index (κ2) is 4.44. The van der Waals surface area contributed by atoms with E-state index < -0.39 is 5.76 Å². The number of amides is 1. The second-order valence-electron chi connectivity index (χ2n) is 3.33. The van der Waals surface area contributed by atoms with E-state index in [1.807, 2.05) is 6.07 Å². The second-order valence-corrected chi connectivity index (χ2v) is 3.73. The van der Waals surface area contributed by atoms with Crippen molar-refractivity contribution >= 4 is 29.0 Å². The first kappa shape index (κ1) is 10.8. The van der Waals surface area contributed by atoms with Crippen molar-refractivity contribution in [3.05, 3.63) is 34.3 Å². The number of aromatic amines is 1. The number of carbonyl (C=O) groups is 1. The molecule has 0 spiro atoms. The molecule has 2 rings (SSSR count). The number of benzene rings is 1. The Labute approximate surface area is 96.2 Å². The summed E-state index contributed by atoms with van der Waals surface area (Å²) >= 11 is 3.59. The van der Waals surface area contributed by atoms with E-state index in [0.717, 1.165) is 5.56 Å². The minimum Gasteiger partial charge on any atom is -0.408 e. The fraction of sp³-hybridized carbons (Fsp3) is 0.200. The van der Waals surface area contributed by atoms with Gasteiger partial charge in [-0.1, -0.05) is 18.7 Å². The van der Waals surface area contributed by atoms with E-state index >= 15 is 0 Å². The summed E-state index contributed by atoms with van der Waals surface area (Å²) in [6.45, 7) is 0.502. The molecule has 1 amide bonds. The van der Waals surface area contributed by atoms with Gasteiger partial charge in [0, 0.05) is 6.54 Å². The van der Waals surface area contributed by atoms with Crippen molar-refractivity contribution in [1.29, 1.82) is 0 Å². The lowest BCUT2D eigenvalue weighted by atomic mass is 10.1. The average Bonchev–Trinajstić information content (AvgIpc) is 2.56. The Morgan fingerprint density at radius 1 is 1.50 bits per heavy atom. The van der Waals surface area contributed by atoms with Gasteiger partial charge in [0.2, 0.25) is 0 Å². The van der Waals surface area contributed by atoms with Gasteiger partial charge >= 0.3 is 5.76 Å². The Balaban J connectivity index is 2.13. The van der Waals surface area contributed by atoms with Gasteiger partial charge in [0.25, 0.3) is 5.24 Å². The predicted octanol–water partition coefficient (Wildman–Crippen LogP) is 1.30. The minimum absolute atomic E-state index is 0.353. The highest BCUT2D eigenvalue weighted by atomic mass is 32.1. The molecule has 0 radical (unpaired) electrons. The third kappa shape index (κ3) is 2.46. The molecule has 6 heteroatoms. The van der Waals surface area contributed by atoms with E-state index in [-0.39, 0.29) is 5.24 Å². The Bertz CT molecular complexity index is 573. The topological polar surface area (TPSA) is 75.1 Å². The largest absolute Gasteiger partial charge is 0.417 e. The van der Waals surface area contributed by atoms with Crippen molar-refractivity contribution in [2.45, 2.75) is 6.42 Å². The highest BCUT2D eigenvalue weighted by Crippen LogP contribution is 2.12. The first-order valence-corrected chi connectivity index (χ1v) is 5.18. The Hall–Kier alpha value is -1.69. The fourth-order valence-electron chi connectivity index (χ4n) is 1.46. The molecule has 2 N–H and O–H groups in total. The van der Waals surface area contributed by atoms with Crippen molar-refractivity contribution in [3.63, 3.8) is 0 Å². The minimum atomic E-state index is -0.462. The van der Waals surface area contributed by atoms with Crippen molar-refractivity contribution in [1.82, 2.24) is 10.3 Å². The van der Waals surface area contributed by atoms with Crippen molar-refractivity contribution in [2.24, 2.45) is 0 Å². The summed E-state index contributed by atoms with van der Waals surface area (Å²) in [6, 6.07) is 5.43. The molecule has 0 saturated carbocycles. The first-order chi connectivity index (χ1) is 7.65. The van der Waals surface area contributed by atoms with Gasteiger partial charge in [0.15, 0.2) is 5.58 Å². The summed E-state index contributed by atoms with van der Waals surface area (Å²) in [5.74, 6) is -0.462. The molecule has 0 bridgehead atoms. The Morgan fingerprint density at radius 2 is 2.31 bits per heavy atom. The Kier molecular flexibility index (Phi) is 3.00. The molecule has 0 fully saturated rings. The van der Waals surface area contributed by atoms with E-state index in [2.05, 4.69) is 22.9 Å². The SMILES string of the molecule is O=C(S)NCCc1ccc2[nH]c(=O)oc2c1. The summed E-state index contributed by atoms with van der Waals surface area (Å²) in [7, 11) is 0. The van der Waals surface area contributed by atoms with Crippen LogP contribution in [0.5, 0.6) is 0 Å². The van der Waals surface area contributed by atoms with Crippen LogP contribution in [0.15, 0.2) is 27.4 Å².